The molecule has 0 radical (unpaired) electrons. The molecule has 0 saturated carbocycles. The summed E-state index contributed by atoms with van der Waals surface area (Å²) in [4.78, 5) is 42.0. The highest BCUT2D eigenvalue weighted by Gasteiger charge is 2.74. The molecule has 9 heteroatoms. The van der Waals surface area contributed by atoms with Crippen molar-refractivity contribution in [3.05, 3.63) is 29.3 Å². The summed E-state index contributed by atoms with van der Waals surface area (Å²) < 4.78 is -0.670. The van der Waals surface area contributed by atoms with Gasteiger partial charge in [-0.05, 0) is 43.0 Å². The SMILES string of the molecule is CC[C@H](C)[C@H](CO)N1C(=O)[C@@H]2[C@@H](C(=O)NC)[C@H]3CCC2(S3)C1C(=O)Nc1ccc(Cl)cc1. The number of hydrogen-bond donors (Lipinski definition) is 3. The number of carbonyl (C=O) groups is 3. The molecule has 3 fully saturated rings. The molecule has 0 aliphatic carbocycles. The molecule has 3 aliphatic heterocycles. The highest BCUT2D eigenvalue weighted by Crippen LogP contribution is 2.66. The maximum absolute atomic E-state index is 13.9. The zero-order chi connectivity index (χ0) is 23.2. The number of fused-ring (bicyclic) bond motifs is 1. The zero-order valence-corrected chi connectivity index (χ0v) is 20.1. The van der Waals surface area contributed by atoms with E-state index in [1.807, 2.05) is 13.8 Å². The van der Waals surface area contributed by atoms with Crippen molar-refractivity contribution in [2.45, 2.75) is 55.2 Å². The third kappa shape index (κ3) is 3.51. The second kappa shape index (κ2) is 8.88. The molecule has 3 aliphatic rings. The van der Waals surface area contributed by atoms with Gasteiger partial charge in [-0.15, -0.1) is 11.8 Å². The number of anilines is 1. The molecule has 4 rings (SSSR count). The van der Waals surface area contributed by atoms with E-state index in [2.05, 4.69) is 10.6 Å². The first-order valence-electron chi connectivity index (χ1n) is 11.2. The molecule has 174 valence electrons. The third-order valence-corrected chi connectivity index (χ3v) is 9.70. The van der Waals surface area contributed by atoms with Gasteiger partial charge in [0.05, 0.1) is 29.2 Å². The normalized spacial score (nSPS) is 32.5. The van der Waals surface area contributed by atoms with Crippen molar-refractivity contribution in [3.63, 3.8) is 0 Å². The van der Waals surface area contributed by atoms with E-state index in [1.54, 1.807) is 48.0 Å². The number of aliphatic hydroxyl groups excluding tert-OH is 1. The van der Waals surface area contributed by atoms with Crippen molar-refractivity contribution in [1.29, 1.82) is 0 Å². The van der Waals surface area contributed by atoms with Gasteiger partial charge in [0.15, 0.2) is 0 Å². The molecule has 3 N–H and O–H groups in total. The molecule has 1 aromatic rings. The van der Waals surface area contributed by atoms with Crippen LogP contribution in [-0.2, 0) is 14.4 Å². The second-order valence-electron chi connectivity index (χ2n) is 9.05. The van der Waals surface area contributed by atoms with Crippen molar-refractivity contribution >= 4 is 46.8 Å². The van der Waals surface area contributed by atoms with Crippen LogP contribution in [0.25, 0.3) is 0 Å². The number of carbonyl (C=O) groups excluding carboxylic acids is 3. The Morgan fingerprint density at radius 2 is 2.00 bits per heavy atom. The van der Waals surface area contributed by atoms with E-state index in [0.717, 1.165) is 12.8 Å². The molecule has 7 nitrogen and oxygen atoms in total. The highest BCUT2D eigenvalue weighted by molar-refractivity contribution is 8.02. The number of nitrogens with zero attached hydrogens (tertiary/aromatic N) is 1. The molecule has 7 atom stereocenters. The number of likely N-dealkylation sites (tertiary alicyclic amines) is 1. The Balaban J connectivity index is 1.76. The van der Waals surface area contributed by atoms with Crippen LogP contribution in [0, 0.1) is 17.8 Å². The number of halogens is 1. The van der Waals surface area contributed by atoms with Crippen molar-refractivity contribution in [3.8, 4) is 0 Å². The van der Waals surface area contributed by atoms with Crippen LogP contribution in [0.3, 0.4) is 0 Å². The van der Waals surface area contributed by atoms with E-state index in [0.29, 0.717) is 17.1 Å². The Hall–Kier alpha value is -1.77. The first-order chi connectivity index (χ1) is 15.3. The van der Waals surface area contributed by atoms with Gasteiger partial charge >= 0.3 is 0 Å². The minimum atomic E-state index is -0.758. The number of aliphatic hydroxyl groups is 1. The van der Waals surface area contributed by atoms with Crippen LogP contribution in [0.5, 0.6) is 0 Å². The molecule has 32 heavy (non-hydrogen) atoms. The quantitative estimate of drug-likeness (QED) is 0.558. The fraction of sp³-hybridized carbons (Fsp3) is 0.609. The smallest absolute Gasteiger partial charge is 0.248 e. The molecule has 3 heterocycles. The maximum Gasteiger partial charge on any atom is 0.248 e. The lowest BCUT2D eigenvalue weighted by molar-refractivity contribution is -0.143. The van der Waals surface area contributed by atoms with Crippen LogP contribution in [-0.4, -0.2) is 63.5 Å². The van der Waals surface area contributed by atoms with Gasteiger partial charge in [-0.1, -0.05) is 31.9 Å². The van der Waals surface area contributed by atoms with E-state index in [4.69, 9.17) is 11.6 Å². The lowest BCUT2D eigenvalue weighted by atomic mass is 9.70. The number of thioether (sulfide) groups is 1. The summed E-state index contributed by atoms with van der Waals surface area (Å²) in [7, 11) is 1.59. The largest absolute Gasteiger partial charge is 0.394 e. The van der Waals surface area contributed by atoms with Crippen LogP contribution < -0.4 is 10.6 Å². The van der Waals surface area contributed by atoms with Gasteiger partial charge in [0.1, 0.15) is 6.04 Å². The summed E-state index contributed by atoms with van der Waals surface area (Å²) in [5.74, 6) is -1.64. The van der Waals surface area contributed by atoms with Crippen LogP contribution in [0.15, 0.2) is 24.3 Å². The van der Waals surface area contributed by atoms with Crippen molar-refractivity contribution in [1.82, 2.24) is 10.2 Å². The first kappa shape index (κ1) is 23.4. The zero-order valence-electron chi connectivity index (χ0n) is 18.5. The molecule has 1 aromatic carbocycles. The van der Waals surface area contributed by atoms with E-state index in [1.165, 1.54) is 0 Å². The van der Waals surface area contributed by atoms with Gasteiger partial charge in [0, 0.05) is 23.0 Å². The fourth-order valence-corrected chi connectivity index (χ4v) is 8.10. The lowest BCUT2D eigenvalue weighted by Crippen LogP contribution is -2.56. The van der Waals surface area contributed by atoms with Crippen LogP contribution in [0.2, 0.25) is 5.02 Å². The Labute approximate surface area is 197 Å². The number of rotatable bonds is 7. The van der Waals surface area contributed by atoms with Gasteiger partial charge in [0.25, 0.3) is 0 Å². The van der Waals surface area contributed by atoms with Gasteiger partial charge in [-0.3, -0.25) is 14.4 Å². The number of benzene rings is 1. The lowest BCUT2D eigenvalue weighted by Gasteiger charge is -2.39. The predicted molar refractivity (Wildman–Crippen MR) is 125 cm³/mol. The summed E-state index contributed by atoms with van der Waals surface area (Å²) in [5.41, 5.74) is 0.594. The number of amides is 3. The predicted octanol–water partition coefficient (Wildman–Crippen LogP) is 2.52. The average Bonchev–Trinajstić information content (AvgIpc) is 3.43. The molecular weight excluding hydrogens is 450 g/mol. The summed E-state index contributed by atoms with van der Waals surface area (Å²) >= 11 is 7.60. The molecule has 2 unspecified atom stereocenters. The average molecular weight is 480 g/mol. The van der Waals surface area contributed by atoms with Gasteiger partial charge < -0.3 is 20.6 Å². The minimum Gasteiger partial charge on any atom is -0.394 e. The van der Waals surface area contributed by atoms with Gasteiger partial charge in [-0.2, -0.15) is 0 Å². The maximum atomic E-state index is 13.9. The van der Waals surface area contributed by atoms with Crippen LogP contribution in [0.4, 0.5) is 5.69 Å². The number of nitrogens with one attached hydrogen (secondary N) is 2. The molecular formula is C23H30ClN3O4S. The standard InChI is InChI=1S/C23H30ClN3O4S/c1-4-12(2)15(11-28)27-19(21(30)26-14-7-5-13(24)6-8-14)23-10-9-16(32-23)17(20(29)25-3)18(23)22(27)31/h5-8,12,15-19,28H,4,9-11H2,1-3H3,(H,25,29)(H,26,30)/t12-,15-,16+,17-,18-,19?,23?/m0/s1. The Morgan fingerprint density at radius 3 is 2.59 bits per heavy atom. The number of hydrogen-bond acceptors (Lipinski definition) is 5. The molecule has 2 bridgehead atoms. The summed E-state index contributed by atoms with van der Waals surface area (Å²) in [6, 6.07) is 5.60. The Morgan fingerprint density at radius 1 is 1.31 bits per heavy atom. The van der Waals surface area contributed by atoms with E-state index < -0.39 is 28.7 Å². The molecule has 1 spiro atoms. The Bertz CT molecular complexity index is 913. The molecule has 3 saturated heterocycles. The fourth-order valence-electron chi connectivity index (χ4n) is 5.77. The summed E-state index contributed by atoms with van der Waals surface area (Å²) in [6.45, 7) is 3.76. The topological polar surface area (TPSA) is 98.7 Å². The monoisotopic (exact) mass is 479 g/mol. The van der Waals surface area contributed by atoms with Gasteiger partial charge in [-0.25, -0.2) is 0 Å². The van der Waals surface area contributed by atoms with E-state index >= 15 is 0 Å². The summed E-state index contributed by atoms with van der Waals surface area (Å²) in [6.07, 6.45) is 2.24. The summed E-state index contributed by atoms with van der Waals surface area (Å²) in [5, 5.41) is 16.5. The molecule has 0 aromatic heterocycles. The minimum absolute atomic E-state index is 0.00524. The van der Waals surface area contributed by atoms with Crippen molar-refractivity contribution in [2.24, 2.45) is 17.8 Å². The van der Waals surface area contributed by atoms with Crippen LogP contribution >= 0.6 is 23.4 Å². The van der Waals surface area contributed by atoms with Crippen molar-refractivity contribution in [2.75, 3.05) is 19.0 Å². The van der Waals surface area contributed by atoms with E-state index in [-0.39, 0.29) is 35.5 Å². The highest BCUT2D eigenvalue weighted by atomic mass is 35.5. The first-order valence-corrected chi connectivity index (χ1v) is 12.4. The third-order valence-electron chi connectivity index (χ3n) is 7.49. The second-order valence-corrected chi connectivity index (χ2v) is 11.1. The van der Waals surface area contributed by atoms with Crippen molar-refractivity contribution < 1.29 is 19.5 Å². The van der Waals surface area contributed by atoms with E-state index in [9.17, 15) is 19.5 Å². The Kier molecular flexibility index (Phi) is 6.49. The van der Waals surface area contributed by atoms with Gasteiger partial charge in [0.2, 0.25) is 17.7 Å². The van der Waals surface area contributed by atoms with Crippen LogP contribution in [0.1, 0.15) is 33.1 Å². The molecule has 3 amide bonds.